The Morgan fingerprint density at radius 2 is 0.653 bits per heavy atom. The number of non-ortho nitro benzene ring substituents is 4. The van der Waals surface area contributed by atoms with E-state index in [1.165, 1.54) is 76.5 Å². The van der Waals surface area contributed by atoms with Gasteiger partial charge in [0.25, 0.3) is 22.7 Å². The normalized spacial score (nSPS) is 10.7. The van der Waals surface area contributed by atoms with Crippen LogP contribution >= 0.6 is 14.7 Å². The maximum atomic E-state index is 12.4. The molecule has 2 radical (unpaired) electrons. The molecule has 0 fully saturated rings. The van der Waals surface area contributed by atoms with Crippen LogP contribution < -0.4 is 34.3 Å². The molecule has 49 heavy (non-hydrogen) atoms. The van der Waals surface area contributed by atoms with Gasteiger partial charge in [0.2, 0.25) is 0 Å². The number of rotatable bonds is 8. The molecule has 0 unspecified atom stereocenters. The van der Waals surface area contributed by atoms with E-state index in [4.69, 9.17) is 0 Å². The molecule has 0 saturated carbocycles. The van der Waals surface area contributed by atoms with Crippen LogP contribution in [0, 0.1) is 40.5 Å². The summed E-state index contributed by atoms with van der Waals surface area (Å²) in [4.78, 5) is 64.6. The molecule has 5 rings (SSSR count). The van der Waals surface area contributed by atoms with Crippen LogP contribution in [0.2, 0.25) is 0 Å². The predicted octanol–water partition coefficient (Wildman–Crippen LogP) is 2.66. The Kier molecular flexibility index (Phi) is 13.2. The number of nitrogens with zero attached hydrogens (tertiary/aromatic N) is 4. The molecule has 0 spiro atoms. The summed E-state index contributed by atoms with van der Waals surface area (Å²) in [6, 6.07) is 28.6. The molecule has 0 atom stereocenters. The Balaban J connectivity index is 0.000000222. The van der Waals surface area contributed by atoms with Gasteiger partial charge in [-0.05, 0) is 0 Å². The molecule has 5 aromatic rings. The van der Waals surface area contributed by atoms with Crippen LogP contribution in [0.1, 0.15) is 0 Å². The molecule has 0 aliphatic heterocycles. The number of nitro groups is 4. The Bertz CT molecular complexity index is 1860. The van der Waals surface area contributed by atoms with Crippen LogP contribution in [0.5, 0.6) is 0 Å². The zero-order chi connectivity index (χ0) is 36.4. The molecule has 0 N–H and O–H groups in total. The van der Waals surface area contributed by atoms with Gasteiger partial charge in [-0.1, -0.05) is 48.5 Å². The van der Waals surface area contributed by atoms with E-state index >= 15 is 0 Å². The molecule has 0 saturated heterocycles. The van der Waals surface area contributed by atoms with Gasteiger partial charge in [0, 0.05) is 69.7 Å². The molecule has 248 valence electrons. The van der Waals surface area contributed by atoms with E-state index in [0.29, 0.717) is 0 Å². The summed E-state index contributed by atoms with van der Waals surface area (Å²) in [7, 11) is -8.78. The van der Waals surface area contributed by atoms with Crippen molar-refractivity contribution in [1.82, 2.24) is 0 Å². The molecule has 0 aliphatic rings. The third kappa shape index (κ3) is 10.5. The molecule has 5 aromatic carbocycles. The summed E-state index contributed by atoms with van der Waals surface area (Å²) in [6.07, 6.45) is 0. The Morgan fingerprint density at radius 1 is 0.408 bits per heavy atom. The van der Waals surface area contributed by atoms with Gasteiger partial charge in [-0.2, -0.15) is 0 Å². The van der Waals surface area contributed by atoms with Crippen LogP contribution in [0.3, 0.4) is 0 Å². The van der Waals surface area contributed by atoms with Crippen molar-refractivity contribution in [3.8, 4) is 0 Å². The molecule has 0 bridgehead atoms. The molecular formula is C30H21BiN4O12P2. The van der Waals surface area contributed by atoms with Gasteiger partial charge in [-0.15, -0.1) is 0 Å². The second kappa shape index (κ2) is 16.9. The van der Waals surface area contributed by atoms with Gasteiger partial charge < -0.3 is 18.9 Å². The van der Waals surface area contributed by atoms with Crippen molar-refractivity contribution in [1.29, 1.82) is 0 Å². The van der Waals surface area contributed by atoms with E-state index < -0.39 is 34.4 Å². The summed E-state index contributed by atoms with van der Waals surface area (Å²) >= 11 is 1.36. The molecular weight excluding hydrogens is 879 g/mol. The molecule has 0 amide bonds. The van der Waals surface area contributed by atoms with Crippen LogP contribution in [-0.4, -0.2) is 44.4 Å². The van der Waals surface area contributed by atoms with Crippen LogP contribution in [0.25, 0.3) is 0 Å². The zero-order valence-corrected chi connectivity index (χ0v) is 29.9. The number of hydrogen-bond donors (Lipinski definition) is 0. The molecule has 0 aliphatic carbocycles. The minimum absolute atomic E-state index is 0.266. The Morgan fingerprint density at radius 3 is 0.837 bits per heavy atom. The first-order valence-corrected chi connectivity index (χ1v) is 18.4. The maximum absolute atomic E-state index is 12.4. The first kappa shape index (κ1) is 38.4. The van der Waals surface area contributed by atoms with E-state index in [1.807, 2.05) is 6.07 Å². The summed E-state index contributed by atoms with van der Waals surface area (Å²) < 4.78 is 26.2. The van der Waals surface area contributed by atoms with Crippen molar-refractivity contribution in [2.45, 2.75) is 0 Å². The van der Waals surface area contributed by atoms with Crippen LogP contribution in [0.15, 0.2) is 127 Å². The van der Waals surface area contributed by atoms with Gasteiger partial charge in [0.15, 0.2) is 0 Å². The van der Waals surface area contributed by atoms with Gasteiger partial charge in [0.05, 0.1) is 34.4 Å². The van der Waals surface area contributed by atoms with Crippen molar-refractivity contribution in [2.24, 2.45) is 0 Å². The quantitative estimate of drug-likeness (QED) is 0.0944. The molecule has 19 heteroatoms. The fourth-order valence-electron chi connectivity index (χ4n) is 3.88. The van der Waals surface area contributed by atoms with Gasteiger partial charge in [0.1, 0.15) is 0 Å². The van der Waals surface area contributed by atoms with E-state index in [0.717, 1.165) is 48.5 Å². The van der Waals surface area contributed by atoms with E-state index in [1.54, 1.807) is 0 Å². The summed E-state index contributed by atoms with van der Waals surface area (Å²) in [6.45, 7) is 0. The Labute approximate surface area is 292 Å². The predicted molar refractivity (Wildman–Crippen MR) is 178 cm³/mol. The van der Waals surface area contributed by atoms with Crippen molar-refractivity contribution < 1.29 is 38.6 Å². The van der Waals surface area contributed by atoms with Crippen LogP contribution in [-0.2, 0) is 9.13 Å². The van der Waals surface area contributed by atoms with E-state index in [2.05, 4.69) is 24.3 Å². The SMILES string of the molecule is O=[N+]([O-])c1cccc(P(=O)([O-])c2cccc([N+](=O)[O-])c2)c1.O=[N+]([O-])c1cccc(P(=O)([O-])c2cccc([N+](=O)[O-])c2)c1.[Bi+2][c]1ccccc1. The Hall–Kier alpha value is -5.04. The van der Waals surface area contributed by atoms with Crippen molar-refractivity contribution in [3.63, 3.8) is 0 Å². The molecule has 0 aromatic heterocycles. The molecule has 16 nitrogen and oxygen atoms in total. The molecule has 0 heterocycles. The first-order chi connectivity index (χ1) is 23.0. The summed E-state index contributed by atoms with van der Waals surface area (Å²) in [5.41, 5.74) is -1.47. The van der Waals surface area contributed by atoms with Gasteiger partial charge in [-0.25, -0.2) is 0 Å². The van der Waals surface area contributed by atoms with E-state index in [9.17, 15) is 59.4 Å². The van der Waals surface area contributed by atoms with Crippen molar-refractivity contribution >= 4 is 86.7 Å². The fourth-order valence-corrected chi connectivity index (χ4v) is 7.49. The second-order valence-corrected chi connectivity index (χ2v) is 15.8. The number of nitro benzene ring substituents is 4. The second-order valence-electron chi connectivity index (χ2n) is 9.55. The third-order valence-corrected chi connectivity index (χ3v) is 11.3. The average molecular weight is 900 g/mol. The zero-order valence-electron chi connectivity index (χ0n) is 24.7. The summed E-state index contributed by atoms with van der Waals surface area (Å²) in [5, 5.41) is 41.7. The van der Waals surface area contributed by atoms with Crippen LogP contribution in [0.4, 0.5) is 22.7 Å². The third-order valence-electron chi connectivity index (χ3n) is 6.28. The first-order valence-electron chi connectivity index (χ1n) is 13.4. The number of hydrogen-bond acceptors (Lipinski definition) is 12. The number of benzene rings is 5. The minimum atomic E-state index is -4.39. The van der Waals surface area contributed by atoms with Gasteiger partial charge >= 0.3 is 58.3 Å². The average Bonchev–Trinajstić information content (AvgIpc) is 3.09. The van der Waals surface area contributed by atoms with E-state index in [-0.39, 0.29) is 44.0 Å². The summed E-state index contributed by atoms with van der Waals surface area (Å²) in [5.74, 6) is 0. The topological polar surface area (TPSA) is 253 Å². The fraction of sp³-hybridized carbons (Fsp3) is 0. The van der Waals surface area contributed by atoms with Gasteiger partial charge in [-0.3, -0.25) is 40.5 Å². The standard InChI is InChI=1S/2C12H9N2O6P.C6H5.Bi/c2*15-13(16)9-3-1-5-11(7-9)21(19,20)12-6-2-4-10(8-12)14(17)18;1-2-4-6-5-3-1;/h2*1-8H,(H,19,20);1-5H;/q;;;+2/p-2. The monoisotopic (exact) mass is 900 g/mol. The van der Waals surface area contributed by atoms with Crippen molar-refractivity contribution in [2.75, 3.05) is 0 Å². The van der Waals surface area contributed by atoms with Crippen molar-refractivity contribution in [3.05, 3.63) is 168 Å².